The van der Waals surface area contributed by atoms with Gasteiger partial charge in [-0.3, -0.25) is 4.79 Å². The molecular weight excluding hydrogens is 703 g/mol. The first-order valence-corrected chi connectivity index (χ1v) is 20.7. The van der Waals surface area contributed by atoms with Crippen molar-refractivity contribution in [2.75, 3.05) is 0 Å². The van der Waals surface area contributed by atoms with E-state index in [-0.39, 0.29) is 65.3 Å². The van der Waals surface area contributed by atoms with Gasteiger partial charge in [0.2, 0.25) is 5.79 Å². The van der Waals surface area contributed by atoms with Gasteiger partial charge in [-0.2, -0.15) is 0 Å². The summed E-state index contributed by atoms with van der Waals surface area (Å²) in [5.41, 5.74) is -1.64. The van der Waals surface area contributed by atoms with E-state index in [2.05, 4.69) is 20.8 Å². The molecule has 18 atom stereocenters. The van der Waals surface area contributed by atoms with Crippen LogP contribution in [0.4, 0.5) is 0 Å². The molecule has 5 aliphatic heterocycles. The Morgan fingerprint density at radius 2 is 1.57 bits per heavy atom. The van der Waals surface area contributed by atoms with Gasteiger partial charge in [-0.25, -0.2) is 0 Å². The van der Waals surface area contributed by atoms with Crippen LogP contribution in [0.3, 0.4) is 0 Å². The second-order valence-corrected chi connectivity index (χ2v) is 17.9. The summed E-state index contributed by atoms with van der Waals surface area (Å²) in [4.78, 5) is 26.2. The number of carboxylic acids is 1. The molecule has 12 heteroatoms. The molecule has 0 aromatic carbocycles. The summed E-state index contributed by atoms with van der Waals surface area (Å²) in [6, 6.07) is 0. The minimum atomic E-state index is -1.37. The molecule has 5 heterocycles. The fourth-order valence-electron chi connectivity index (χ4n) is 10.5. The average molecular weight is 773 g/mol. The minimum absolute atomic E-state index is 0. The Kier molecular flexibility index (Phi) is 15.3. The largest absolute Gasteiger partial charge is 1.00 e. The Morgan fingerprint density at radius 1 is 0.907 bits per heavy atom. The topological polar surface area (TPSA) is 164 Å². The van der Waals surface area contributed by atoms with Crippen LogP contribution in [0.1, 0.15) is 133 Å². The maximum atomic E-state index is 14.4. The van der Waals surface area contributed by atoms with Crippen LogP contribution >= 0.6 is 0 Å². The van der Waals surface area contributed by atoms with E-state index in [1.54, 1.807) is 19.1 Å². The molecule has 4 fully saturated rings. The van der Waals surface area contributed by atoms with Crippen LogP contribution in [0.5, 0.6) is 0 Å². The number of hydrogen-bond donors (Lipinski definition) is 3. The normalized spacial score (nSPS) is 45.3. The summed E-state index contributed by atoms with van der Waals surface area (Å²) < 4.78 is 33.4. The van der Waals surface area contributed by atoms with E-state index >= 15 is 0 Å². The Hall–Kier alpha value is -0.440. The summed E-state index contributed by atoms with van der Waals surface area (Å²) in [7, 11) is 0. The van der Waals surface area contributed by atoms with E-state index in [9.17, 15) is 30.0 Å². The smallest absolute Gasteiger partial charge is 0.550 e. The zero-order valence-electron chi connectivity index (χ0n) is 34.9. The van der Waals surface area contributed by atoms with E-state index < -0.39 is 82.9 Å². The molecule has 0 amide bonds. The van der Waals surface area contributed by atoms with Gasteiger partial charge < -0.3 is 48.9 Å². The van der Waals surface area contributed by atoms with Gasteiger partial charge in [-0.05, 0) is 95.6 Å². The number of Topliss-reactive ketones (excluding diaryl/α,β-unsaturated/α-hetero) is 1. The van der Waals surface area contributed by atoms with Crippen molar-refractivity contribution in [3.63, 3.8) is 0 Å². The fraction of sp³-hybridized carbons (Fsp3) is 0.905. The maximum absolute atomic E-state index is 14.4. The monoisotopic (exact) mass is 772 g/mol. The first kappa shape index (κ1) is 46.3. The van der Waals surface area contributed by atoms with Gasteiger partial charge in [0, 0.05) is 42.0 Å². The first-order valence-electron chi connectivity index (χ1n) is 20.7. The predicted octanol–water partition coefficient (Wildman–Crippen LogP) is 1.86. The van der Waals surface area contributed by atoms with E-state index in [0.717, 1.165) is 6.42 Å². The number of carboxylic acid groups (broad SMARTS) is 1. The molecule has 0 saturated carbocycles. The third kappa shape index (κ3) is 8.63. The van der Waals surface area contributed by atoms with Crippen molar-refractivity contribution < 1.29 is 83.3 Å². The van der Waals surface area contributed by atoms with Crippen LogP contribution in [0.2, 0.25) is 0 Å². The minimum Gasteiger partial charge on any atom is -0.550 e. The molecule has 11 nitrogen and oxygen atoms in total. The average Bonchev–Trinajstić information content (AvgIpc) is 3.47. The molecule has 0 aliphatic carbocycles. The van der Waals surface area contributed by atoms with Crippen LogP contribution in [-0.4, -0.2) is 92.6 Å². The van der Waals surface area contributed by atoms with Gasteiger partial charge in [-0.1, -0.05) is 55.4 Å². The van der Waals surface area contributed by atoms with Crippen molar-refractivity contribution in [1.29, 1.82) is 0 Å². The molecule has 0 bridgehead atoms. The molecule has 304 valence electrons. The third-order valence-corrected chi connectivity index (χ3v) is 14.4. The number of hydrogen-bond acceptors (Lipinski definition) is 11. The summed E-state index contributed by atoms with van der Waals surface area (Å²) >= 11 is 0. The number of rotatable bonds is 12. The fourth-order valence-corrected chi connectivity index (χ4v) is 10.5. The van der Waals surface area contributed by atoms with Crippen molar-refractivity contribution in [1.82, 2.24) is 0 Å². The number of ketones is 1. The second kappa shape index (κ2) is 17.8. The van der Waals surface area contributed by atoms with Crippen molar-refractivity contribution in [3.05, 3.63) is 12.2 Å². The van der Waals surface area contributed by atoms with Crippen molar-refractivity contribution >= 4 is 11.8 Å². The number of carbonyl (C=O) groups excluding carboxylic acids is 2. The van der Waals surface area contributed by atoms with Crippen molar-refractivity contribution in [2.45, 2.75) is 199 Å². The Bertz CT molecular complexity index is 1330. The zero-order valence-corrected chi connectivity index (χ0v) is 36.9. The van der Waals surface area contributed by atoms with Crippen LogP contribution in [0, 0.1) is 41.4 Å². The number of carbonyl (C=O) groups is 2. The first-order chi connectivity index (χ1) is 24.8. The van der Waals surface area contributed by atoms with Crippen LogP contribution in [-0.2, 0) is 33.3 Å². The molecule has 54 heavy (non-hydrogen) atoms. The van der Waals surface area contributed by atoms with Crippen LogP contribution in [0.15, 0.2) is 12.2 Å². The molecular formula is C42H69NaO11. The number of aliphatic hydroxyl groups excluding tert-OH is 2. The second-order valence-electron chi connectivity index (χ2n) is 17.9. The zero-order chi connectivity index (χ0) is 39.3. The predicted molar refractivity (Wildman–Crippen MR) is 196 cm³/mol. The molecule has 2 spiro atoms. The van der Waals surface area contributed by atoms with E-state index in [1.165, 1.54) is 0 Å². The van der Waals surface area contributed by atoms with Gasteiger partial charge in [-0.15, -0.1) is 0 Å². The number of ether oxygens (including phenoxy) is 5. The third-order valence-electron chi connectivity index (χ3n) is 14.4. The number of aliphatic hydroxyl groups is 3. The summed E-state index contributed by atoms with van der Waals surface area (Å²) in [6.07, 6.45) is 5.22. The van der Waals surface area contributed by atoms with Crippen molar-refractivity contribution in [3.8, 4) is 0 Å². The van der Waals surface area contributed by atoms with Gasteiger partial charge in [0.25, 0.3) is 0 Å². The molecule has 3 N–H and O–H groups in total. The van der Waals surface area contributed by atoms with E-state index in [0.29, 0.717) is 57.8 Å². The summed E-state index contributed by atoms with van der Waals surface area (Å²) in [5.74, 6) is -6.24. The number of aliphatic carboxylic acids is 1. The van der Waals surface area contributed by atoms with Gasteiger partial charge in [0.15, 0.2) is 5.79 Å². The molecule has 0 radical (unpaired) electrons. The molecule has 5 rings (SSSR count). The molecule has 0 aromatic heterocycles. The van der Waals surface area contributed by atoms with Gasteiger partial charge >= 0.3 is 29.6 Å². The van der Waals surface area contributed by atoms with Crippen molar-refractivity contribution in [2.24, 2.45) is 41.4 Å². The molecule has 0 aromatic rings. The Labute approximate surface area is 345 Å². The Morgan fingerprint density at radius 3 is 2.17 bits per heavy atom. The molecule has 4 saturated heterocycles. The quantitative estimate of drug-likeness (QED) is 0.196. The van der Waals surface area contributed by atoms with Gasteiger partial charge in [0.1, 0.15) is 11.9 Å². The molecule has 5 aliphatic rings. The van der Waals surface area contributed by atoms with Crippen LogP contribution < -0.4 is 34.7 Å². The Balaban J connectivity index is 0.00000650. The summed E-state index contributed by atoms with van der Waals surface area (Å²) in [5, 5.41) is 46.0. The SMILES string of the molecule is CC[C@@H](C(=O)[C@@H](C)[C@@H](O)[C@H](C)[C@@H]1O[C@@H]([C@@H](CC)C(=O)[O-])CC[C@@H]1C)[C@H]1O[C@@]2(C=C[C@@H](O)[C@@]3(CC[C@@](C)([C@H]4CC[C@](O)(CC)[C@H](C)O4)O3)O2)[C@H](C)C[C@@H]1C.[Na+]. The van der Waals surface area contributed by atoms with E-state index in [4.69, 9.17) is 23.7 Å². The summed E-state index contributed by atoms with van der Waals surface area (Å²) in [6.45, 7) is 19.5. The standard InChI is InChI=1S/C42H70O11.Na/c1-11-29(38(46)47)31-15-14-23(4)36(50-31)27(8)34(44)26(7)35(45)30(12-2)37-24(5)22-25(6)41(51-37)19-16-32(43)42(53-41)21-20-39(10,52-42)33-17-18-40(48,13-3)28(9)49-33;/h16,19,23-34,36-37,43-44,48H,11-15,17-18,20-22H2,1-10H3,(H,46,47);/q;+1/p-1/t23-,24-,25+,26-,27-,28-,29+,30-,31+,32+,33+,34+,36+,37-,39-,40+,41+,42+;/m0./s1. The van der Waals surface area contributed by atoms with Crippen LogP contribution in [0.25, 0.3) is 0 Å². The van der Waals surface area contributed by atoms with E-state index in [1.807, 2.05) is 41.5 Å². The van der Waals surface area contributed by atoms with Gasteiger partial charge in [0.05, 0.1) is 47.8 Å². The molecule has 0 unspecified atom stereocenters. The maximum Gasteiger partial charge on any atom is 1.00 e.